The van der Waals surface area contributed by atoms with E-state index in [9.17, 15) is 0 Å². The summed E-state index contributed by atoms with van der Waals surface area (Å²) in [6, 6.07) is 0. The van der Waals surface area contributed by atoms with Gasteiger partial charge in [-0.3, -0.25) is 0 Å². The third-order valence-corrected chi connectivity index (χ3v) is 3.25. The van der Waals surface area contributed by atoms with Crippen LogP contribution in [0.3, 0.4) is 0 Å². The van der Waals surface area contributed by atoms with Crippen LogP contribution in [0.25, 0.3) is 0 Å². The normalized spacial score (nSPS) is 16.6. The van der Waals surface area contributed by atoms with Crippen LogP contribution in [0.2, 0.25) is 0 Å². The summed E-state index contributed by atoms with van der Waals surface area (Å²) in [4.78, 5) is 10.3. The number of nitrogens with two attached hydrogens (primary N) is 1. The van der Waals surface area contributed by atoms with Crippen molar-refractivity contribution < 1.29 is 9.47 Å². The van der Waals surface area contributed by atoms with Gasteiger partial charge in [0.2, 0.25) is 5.75 Å². The van der Waals surface area contributed by atoms with Crippen molar-refractivity contribution in [1.82, 2.24) is 9.97 Å². The summed E-state index contributed by atoms with van der Waals surface area (Å²) < 4.78 is 10.6. The Morgan fingerprint density at radius 1 is 1.44 bits per heavy atom. The Labute approximate surface area is 107 Å². The molecule has 0 radical (unpaired) electrons. The molecule has 0 amide bonds. The predicted octanol–water partition coefficient (Wildman–Crippen LogP) is 0.930. The van der Waals surface area contributed by atoms with E-state index in [4.69, 9.17) is 15.2 Å². The van der Waals surface area contributed by atoms with Gasteiger partial charge in [-0.15, -0.1) is 0 Å². The molecule has 2 heterocycles. The van der Waals surface area contributed by atoms with Crippen molar-refractivity contribution in [3.8, 4) is 5.75 Å². The second-order valence-electron chi connectivity index (χ2n) is 4.55. The van der Waals surface area contributed by atoms with Gasteiger partial charge in [-0.05, 0) is 18.8 Å². The molecule has 1 aromatic heterocycles. The van der Waals surface area contributed by atoms with Crippen molar-refractivity contribution >= 4 is 11.6 Å². The molecular weight excluding hydrogens is 232 g/mol. The first kappa shape index (κ1) is 12.9. The van der Waals surface area contributed by atoms with E-state index in [1.807, 2.05) is 7.05 Å². The Bertz CT molecular complexity index is 394. The zero-order valence-electron chi connectivity index (χ0n) is 10.9. The van der Waals surface area contributed by atoms with Crippen LogP contribution in [0.5, 0.6) is 5.75 Å². The Morgan fingerprint density at radius 3 is 2.83 bits per heavy atom. The number of hydrogen-bond acceptors (Lipinski definition) is 6. The van der Waals surface area contributed by atoms with Crippen molar-refractivity contribution in [3.05, 3.63) is 6.33 Å². The summed E-state index contributed by atoms with van der Waals surface area (Å²) >= 11 is 0. The maximum absolute atomic E-state index is 5.78. The van der Waals surface area contributed by atoms with Crippen molar-refractivity contribution in [2.75, 3.05) is 44.5 Å². The molecule has 0 aromatic carbocycles. The van der Waals surface area contributed by atoms with Gasteiger partial charge in [-0.25, -0.2) is 9.97 Å². The zero-order valence-corrected chi connectivity index (χ0v) is 10.9. The van der Waals surface area contributed by atoms with Gasteiger partial charge in [0, 0.05) is 26.8 Å². The lowest BCUT2D eigenvalue weighted by Gasteiger charge is -2.28. The van der Waals surface area contributed by atoms with Gasteiger partial charge >= 0.3 is 0 Å². The molecule has 1 saturated heterocycles. The van der Waals surface area contributed by atoms with Crippen LogP contribution >= 0.6 is 0 Å². The van der Waals surface area contributed by atoms with Crippen LogP contribution in [0, 0.1) is 5.92 Å². The fourth-order valence-electron chi connectivity index (χ4n) is 2.25. The molecule has 6 nitrogen and oxygen atoms in total. The fraction of sp³-hybridized carbons (Fsp3) is 0.667. The monoisotopic (exact) mass is 252 g/mol. The van der Waals surface area contributed by atoms with Gasteiger partial charge in [-0.2, -0.15) is 0 Å². The SMILES string of the molecule is COc1c(N)ncnc1N(C)CC1CCOCC1. The highest BCUT2D eigenvalue weighted by Gasteiger charge is 2.19. The van der Waals surface area contributed by atoms with E-state index in [1.54, 1.807) is 7.11 Å². The highest BCUT2D eigenvalue weighted by molar-refractivity contribution is 5.62. The average Bonchev–Trinajstić information content (AvgIpc) is 2.39. The van der Waals surface area contributed by atoms with Gasteiger partial charge in [0.1, 0.15) is 6.33 Å². The highest BCUT2D eigenvalue weighted by Crippen LogP contribution is 2.30. The fourth-order valence-corrected chi connectivity index (χ4v) is 2.25. The van der Waals surface area contributed by atoms with Crippen molar-refractivity contribution in [1.29, 1.82) is 0 Å². The Hall–Kier alpha value is -1.56. The largest absolute Gasteiger partial charge is 0.490 e. The predicted molar refractivity (Wildman–Crippen MR) is 69.8 cm³/mol. The van der Waals surface area contributed by atoms with Crippen LogP contribution in [-0.4, -0.2) is 43.9 Å². The maximum Gasteiger partial charge on any atom is 0.204 e. The summed E-state index contributed by atoms with van der Waals surface area (Å²) in [7, 11) is 3.58. The number of rotatable bonds is 4. The molecular formula is C12H20N4O2. The van der Waals surface area contributed by atoms with Crippen molar-refractivity contribution in [3.63, 3.8) is 0 Å². The van der Waals surface area contributed by atoms with E-state index >= 15 is 0 Å². The maximum atomic E-state index is 5.78. The first-order valence-electron chi connectivity index (χ1n) is 6.15. The molecule has 1 aliphatic heterocycles. The summed E-state index contributed by atoms with van der Waals surface area (Å²) in [5, 5.41) is 0. The van der Waals surface area contributed by atoms with Crippen LogP contribution in [0.1, 0.15) is 12.8 Å². The van der Waals surface area contributed by atoms with Crippen LogP contribution < -0.4 is 15.4 Å². The molecule has 0 spiro atoms. The number of methoxy groups -OCH3 is 1. The highest BCUT2D eigenvalue weighted by atomic mass is 16.5. The molecule has 1 aliphatic rings. The molecule has 6 heteroatoms. The molecule has 2 rings (SSSR count). The van der Waals surface area contributed by atoms with Gasteiger partial charge in [-0.1, -0.05) is 0 Å². The summed E-state index contributed by atoms with van der Waals surface area (Å²) in [6.07, 6.45) is 3.65. The topological polar surface area (TPSA) is 73.5 Å². The minimum Gasteiger partial charge on any atom is -0.490 e. The number of ether oxygens (including phenoxy) is 2. The van der Waals surface area contributed by atoms with Gasteiger partial charge in [0.25, 0.3) is 0 Å². The lowest BCUT2D eigenvalue weighted by molar-refractivity contribution is 0.0684. The molecule has 0 unspecified atom stereocenters. The second kappa shape index (κ2) is 5.86. The van der Waals surface area contributed by atoms with Crippen molar-refractivity contribution in [2.45, 2.75) is 12.8 Å². The quantitative estimate of drug-likeness (QED) is 0.859. The van der Waals surface area contributed by atoms with Crippen LogP contribution in [-0.2, 0) is 4.74 Å². The number of hydrogen-bond donors (Lipinski definition) is 1. The number of anilines is 2. The lowest BCUT2D eigenvalue weighted by atomic mass is 10.00. The lowest BCUT2D eigenvalue weighted by Crippen LogP contribution is -2.30. The molecule has 0 bridgehead atoms. The zero-order chi connectivity index (χ0) is 13.0. The van der Waals surface area contributed by atoms with E-state index in [0.717, 1.165) is 38.4 Å². The Balaban J connectivity index is 2.07. The molecule has 0 atom stereocenters. The molecule has 1 aromatic rings. The average molecular weight is 252 g/mol. The first-order valence-corrected chi connectivity index (χ1v) is 6.15. The van der Waals surface area contributed by atoms with E-state index in [1.165, 1.54) is 6.33 Å². The Morgan fingerprint density at radius 2 is 2.17 bits per heavy atom. The van der Waals surface area contributed by atoms with Gasteiger partial charge in [0.05, 0.1) is 7.11 Å². The molecule has 0 aliphatic carbocycles. The first-order chi connectivity index (χ1) is 8.72. The van der Waals surface area contributed by atoms with E-state index < -0.39 is 0 Å². The summed E-state index contributed by atoms with van der Waals surface area (Å²) in [6.45, 7) is 2.62. The van der Waals surface area contributed by atoms with Gasteiger partial charge < -0.3 is 20.1 Å². The third-order valence-electron chi connectivity index (χ3n) is 3.25. The molecule has 1 fully saturated rings. The molecule has 0 saturated carbocycles. The smallest absolute Gasteiger partial charge is 0.204 e. The van der Waals surface area contributed by atoms with E-state index in [2.05, 4.69) is 14.9 Å². The second-order valence-corrected chi connectivity index (χ2v) is 4.55. The molecule has 18 heavy (non-hydrogen) atoms. The summed E-state index contributed by atoms with van der Waals surface area (Å²) in [5.74, 6) is 2.30. The minimum atomic E-state index is 0.376. The number of nitrogens with zero attached hydrogens (tertiary/aromatic N) is 3. The third kappa shape index (κ3) is 2.81. The van der Waals surface area contributed by atoms with E-state index in [-0.39, 0.29) is 0 Å². The summed E-state index contributed by atoms with van der Waals surface area (Å²) in [5.41, 5.74) is 5.78. The van der Waals surface area contributed by atoms with Crippen LogP contribution in [0.15, 0.2) is 6.33 Å². The minimum absolute atomic E-state index is 0.376. The number of nitrogen functional groups attached to an aromatic ring is 1. The van der Waals surface area contributed by atoms with Crippen molar-refractivity contribution in [2.24, 2.45) is 5.92 Å². The number of aromatic nitrogens is 2. The van der Waals surface area contributed by atoms with E-state index in [0.29, 0.717) is 17.5 Å². The molecule has 100 valence electrons. The standard InChI is InChI=1S/C12H20N4O2/c1-16(7-9-3-5-18-6-4-9)12-10(17-2)11(13)14-8-15-12/h8-9H,3-7H2,1-2H3,(H2,13,14,15). The van der Waals surface area contributed by atoms with Gasteiger partial charge in [0.15, 0.2) is 11.6 Å². The molecule has 2 N–H and O–H groups in total. The Kier molecular flexibility index (Phi) is 4.19. The van der Waals surface area contributed by atoms with Crippen LogP contribution in [0.4, 0.5) is 11.6 Å².